The van der Waals surface area contributed by atoms with Gasteiger partial charge in [-0.05, 0) is 17.8 Å². The summed E-state index contributed by atoms with van der Waals surface area (Å²) in [6.45, 7) is 2.07. The van der Waals surface area contributed by atoms with Crippen LogP contribution in [0.25, 0.3) is 0 Å². The zero-order valence-electron chi connectivity index (χ0n) is 9.04. The molecule has 2 heterocycles. The number of likely N-dealkylation sites (tertiary alicyclic amines) is 1. The highest BCUT2D eigenvalue weighted by molar-refractivity contribution is 5.65. The van der Waals surface area contributed by atoms with E-state index < -0.39 is 12.2 Å². The second-order valence-corrected chi connectivity index (χ2v) is 4.69. The molecule has 6 nitrogen and oxygen atoms in total. The Morgan fingerprint density at radius 3 is 2.38 bits per heavy atom. The molecule has 2 rings (SSSR count). The summed E-state index contributed by atoms with van der Waals surface area (Å²) in [6.07, 6.45) is -1.62. The van der Waals surface area contributed by atoms with Crippen molar-refractivity contribution in [1.29, 1.82) is 0 Å². The fourth-order valence-electron chi connectivity index (χ4n) is 3.03. The van der Waals surface area contributed by atoms with Crippen LogP contribution in [-0.2, 0) is 0 Å². The van der Waals surface area contributed by atoms with E-state index in [4.69, 9.17) is 10.2 Å². The van der Waals surface area contributed by atoms with E-state index in [0.29, 0.717) is 26.2 Å². The van der Waals surface area contributed by atoms with Gasteiger partial charge in [-0.15, -0.1) is 0 Å². The van der Waals surface area contributed by atoms with Crippen molar-refractivity contribution in [3.8, 4) is 0 Å². The van der Waals surface area contributed by atoms with E-state index in [2.05, 4.69) is 5.32 Å². The van der Waals surface area contributed by atoms with Crippen LogP contribution in [0.5, 0.6) is 0 Å². The number of carboxylic acid groups (broad SMARTS) is 1. The molecule has 2 bridgehead atoms. The predicted molar refractivity (Wildman–Crippen MR) is 56.0 cm³/mol. The van der Waals surface area contributed by atoms with E-state index in [-0.39, 0.29) is 24.4 Å². The summed E-state index contributed by atoms with van der Waals surface area (Å²) >= 11 is 0. The Morgan fingerprint density at radius 1 is 1.38 bits per heavy atom. The molecule has 4 N–H and O–H groups in total. The van der Waals surface area contributed by atoms with Crippen LogP contribution in [0.1, 0.15) is 0 Å². The number of aliphatic hydroxyl groups excluding tert-OH is 2. The highest BCUT2D eigenvalue weighted by Crippen LogP contribution is 2.33. The zero-order chi connectivity index (χ0) is 11.7. The Kier molecular flexibility index (Phi) is 3.32. The Hall–Kier alpha value is -0.850. The molecule has 2 saturated heterocycles. The summed E-state index contributed by atoms with van der Waals surface area (Å²) in [5, 5.41) is 31.0. The van der Waals surface area contributed by atoms with Crippen molar-refractivity contribution in [2.24, 2.45) is 17.8 Å². The van der Waals surface area contributed by atoms with Gasteiger partial charge in [-0.25, -0.2) is 4.79 Å². The number of fused-ring (bicyclic) bond motifs is 2. The maximum atomic E-state index is 10.9. The topological polar surface area (TPSA) is 93.0 Å². The van der Waals surface area contributed by atoms with Crippen LogP contribution in [0.4, 0.5) is 4.79 Å². The molecule has 2 aliphatic heterocycles. The van der Waals surface area contributed by atoms with Crippen molar-refractivity contribution in [3.05, 3.63) is 0 Å². The first kappa shape index (κ1) is 11.6. The fraction of sp³-hybridized carbons (Fsp3) is 0.900. The van der Waals surface area contributed by atoms with Gasteiger partial charge >= 0.3 is 6.09 Å². The number of rotatable bonds is 2. The van der Waals surface area contributed by atoms with Crippen LogP contribution >= 0.6 is 0 Å². The lowest BCUT2D eigenvalue weighted by atomic mass is 9.72. The lowest BCUT2D eigenvalue weighted by Gasteiger charge is -2.48. The van der Waals surface area contributed by atoms with E-state index in [1.54, 1.807) is 0 Å². The predicted octanol–water partition coefficient (Wildman–Crippen LogP) is -1.21. The number of nitrogens with one attached hydrogen (secondary N) is 1. The Morgan fingerprint density at radius 2 is 1.94 bits per heavy atom. The molecule has 16 heavy (non-hydrogen) atoms. The molecule has 0 spiro atoms. The molecule has 1 amide bonds. The van der Waals surface area contributed by atoms with E-state index in [1.807, 2.05) is 0 Å². The van der Waals surface area contributed by atoms with E-state index in [9.17, 15) is 9.90 Å². The first-order valence-corrected chi connectivity index (χ1v) is 5.61. The first-order chi connectivity index (χ1) is 7.63. The molecule has 0 aromatic carbocycles. The minimum atomic E-state index is -0.895. The molecule has 0 aromatic heterocycles. The minimum absolute atomic E-state index is 0.0156. The fourth-order valence-corrected chi connectivity index (χ4v) is 3.03. The third-order valence-corrected chi connectivity index (χ3v) is 3.71. The van der Waals surface area contributed by atoms with Gasteiger partial charge < -0.3 is 25.5 Å². The van der Waals surface area contributed by atoms with Gasteiger partial charge in [0.2, 0.25) is 0 Å². The number of hydrogen-bond acceptors (Lipinski definition) is 4. The van der Waals surface area contributed by atoms with Gasteiger partial charge in [0, 0.05) is 26.2 Å². The van der Waals surface area contributed by atoms with E-state index >= 15 is 0 Å². The molecule has 6 heteroatoms. The lowest BCUT2D eigenvalue weighted by molar-refractivity contribution is -0.0543. The quantitative estimate of drug-likeness (QED) is 0.477. The third-order valence-electron chi connectivity index (χ3n) is 3.71. The highest BCUT2D eigenvalue weighted by atomic mass is 16.4. The number of nitrogens with zero attached hydrogens (tertiary/aromatic N) is 1. The van der Waals surface area contributed by atoms with Gasteiger partial charge in [-0.2, -0.15) is 0 Å². The second-order valence-electron chi connectivity index (χ2n) is 4.69. The maximum Gasteiger partial charge on any atom is 0.407 e. The van der Waals surface area contributed by atoms with Gasteiger partial charge in [0.1, 0.15) is 0 Å². The monoisotopic (exact) mass is 230 g/mol. The molecular weight excluding hydrogens is 212 g/mol. The summed E-state index contributed by atoms with van der Waals surface area (Å²) in [6, 6.07) is 0. The SMILES string of the molecule is O=C(O)N1CC2CNCC(C1)C2C(O)CO. The van der Waals surface area contributed by atoms with Gasteiger partial charge in [0.15, 0.2) is 0 Å². The molecule has 0 saturated carbocycles. The van der Waals surface area contributed by atoms with Crippen LogP contribution < -0.4 is 5.32 Å². The Bertz CT molecular complexity index is 260. The Labute approximate surface area is 93.9 Å². The average Bonchev–Trinajstić information content (AvgIpc) is 2.26. The van der Waals surface area contributed by atoms with Gasteiger partial charge in [0.25, 0.3) is 0 Å². The molecule has 92 valence electrons. The number of amides is 1. The van der Waals surface area contributed by atoms with Crippen molar-refractivity contribution in [3.63, 3.8) is 0 Å². The molecular formula is C10H18N2O4. The molecule has 2 aliphatic rings. The number of aliphatic hydroxyl groups is 2. The van der Waals surface area contributed by atoms with Crippen LogP contribution in [0.3, 0.4) is 0 Å². The molecule has 3 atom stereocenters. The molecule has 0 aromatic rings. The maximum absolute atomic E-state index is 10.9. The summed E-state index contributed by atoms with van der Waals surface area (Å²) < 4.78 is 0. The molecule has 0 radical (unpaired) electrons. The van der Waals surface area contributed by atoms with Gasteiger partial charge in [0.05, 0.1) is 12.7 Å². The van der Waals surface area contributed by atoms with Crippen LogP contribution in [0.15, 0.2) is 0 Å². The molecule has 0 aliphatic carbocycles. The lowest BCUT2D eigenvalue weighted by Crippen LogP contribution is -2.60. The van der Waals surface area contributed by atoms with Crippen molar-refractivity contribution in [2.75, 3.05) is 32.8 Å². The van der Waals surface area contributed by atoms with E-state index in [0.717, 1.165) is 0 Å². The van der Waals surface area contributed by atoms with Crippen LogP contribution in [0.2, 0.25) is 0 Å². The Balaban J connectivity index is 2.10. The van der Waals surface area contributed by atoms with Gasteiger partial charge in [-0.1, -0.05) is 0 Å². The number of hydrogen-bond donors (Lipinski definition) is 4. The van der Waals surface area contributed by atoms with Crippen molar-refractivity contribution in [2.45, 2.75) is 6.10 Å². The standard InChI is InChI=1S/C10H18N2O4/c13-5-8(14)9-6-1-11-2-7(9)4-12(3-6)10(15)16/h6-9,11,13-14H,1-5H2,(H,15,16). The zero-order valence-corrected chi connectivity index (χ0v) is 9.04. The average molecular weight is 230 g/mol. The van der Waals surface area contributed by atoms with Crippen LogP contribution in [0, 0.1) is 17.8 Å². The second kappa shape index (κ2) is 4.57. The smallest absolute Gasteiger partial charge is 0.407 e. The summed E-state index contributed by atoms with van der Waals surface area (Å²) in [7, 11) is 0. The van der Waals surface area contributed by atoms with Crippen molar-refractivity contribution < 1.29 is 20.1 Å². The normalized spacial score (nSPS) is 35.9. The summed E-state index contributed by atoms with van der Waals surface area (Å²) in [5.41, 5.74) is 0. The highest BCUT2D eigenvalue weighted by Gasteiger charge is 2.43. The number of piperidine rings is 2. The van der Waals surface area contributed by atoms with Gasteiger partial charge in [-0.3, -0.25) is 0 Å². The first-order valence-electron chi connectivity index (χ1n) is 5.61. The largest absolute Gasteiger partial charge is 0.465 e. The third kappa shape index (κ3) is 2.00. The molecule has 2 fully saturated rings. The molecule has 3 unspecified atom stereocenters. The summed E-state index contributed by atoms with van der Waals surface area (Å²) in [5.74, 6) is 0.221. The summed E-state index contributed by atoms with van der Waals surface area (Å²) in [4.78, 5) is 12.3. The van der Waals surface area contributed by atoms with Crippen molar-refractivity contribution in [1.82, 2.24) is 10.2 Å². The number of carbonyl (C=O) groups is 1. The minimum Gasteiger partial charge on any atom is -0.465 e. The van der Waals surface area contributed by atoms with Crippen LogP contribution in [-0.4, -0.2) is 65.2 Å². The van der Waals surface area contributed by atoms with Crippen molar-refractivity contribution >= 4 is 6.09 Å². The van der Waals surface area contributed by atoms with E-state index in [1.165, 1.54) is 4.90 Å².